The molecule has 2 amide bonds. The minimum Gasteiger partial charge on any atom is -0.478 e. The van der Waals surface area contributed by atoms with Crippen LogP contribution >= 0.6 is 23.4 Å². The molecule has 1 atom stereocenters. The van der Waals surface area contributed by atoms with E-state index in [0.29, 0.717) is 21.4 Å². The second-order valence-corrected chi connectivity index (χ2v) is 10.1. The molecule has 0 aliphatic carbocycles. The second kappa shape index (κ2) is 11.4. The number of rotatable bonds is 8. The van der Waals surface area contributed by atoms with E-state index >= 15 is 0 Å². The van der Waals surface area contributed by atoms with Gasteiger partial charge >= 0.3 is 11.9 Å². The molecule has 4 N–H and O–H groups in total. The molecule has 38 heavy (non-hydrogen) atoms. The Kier molecular flexibility index (Phi) is 7.99. The molecule has 0 saturated carbocycles. The van der Waals surface area contributed by atoms with Crippen molar-refractivity contribution in [2.75, 3.05) is 10.6 Å². The van der Waals surface area contributed by atoms with Crippen LogP contribution in [0.25, 0.3) is 10.8 Å². The molecule has 0 spiro atoms. The van der Waals surface area contributed by atoms with Crippen molar-refractivity contribution in [3.63, 3.8) is 0 Å². The number of hydrogen-bond acceptors (Lipinski definition) is 5. The Morgan fingerprint density at radius 1 is 0.816 bits per heavy atom. The Balaban J connectivity index is 1.49. The number of aromatic carboxylic acids is 2. The number of carboxylic acid groups (broad SMARTS) is 2. The molecule has 0 saturated heterocycles. The van der Waals surface area contributed by atoms with E-state index in [0.717, 1.165) is 0 Å². The van der Waals surface area contributed by atoms with Crippen molar-refractivity contribution >= 4 is 69.3 Å². The van der Waals surface area contributed by atoms with Crippen molar-refractivity contribution in [1.29, 1.82) is 0 Å². The van der Waals surface area contributed by atoms with Crippen molar-refractivity contribution in [1.82, 2.24) is 0 Å². The maximum absolute atomic E-state index is 13.1. The average Bonchev–Trinajstić information content (AvgIpc) is 2.89. The largest absolute Gasteiger partial charge is 0.478 e. The Morgan fingerprint density at radius 3 is 2.18 bits per heavy atom. The van der Waals surface area contributed by atoms with Crippen molar-refractivity contribution < 1.29 is 29.4 Å². The van der Waals surface area contributed by atoms with Crippen LogP contribution in [0.1, 0.15) is 38.0 Å². The molecule has 8 nitrogen and oxygen atoms in total. The fraction of sp³-hybridized carbons (Fsp3) is 0.0714. The molecule has 0 aliphatic rings. The van der Waals surface area contributed by atoms with Crippen LogP contribution in [0, 0.1) is 0 Å². The van der Waals surface area contributed by atoms with Gasteiger partial charge in [-0.15, -0.1) is 11.8 Å². The van der Waals surface area contributed by atoms with Gasteiger partial charge in [0.25, 0.3) is 5.91 Å². The molecule has 0 aliphatic heterocycles. The highest BCUT2D eigenvalue weighted by atomic mass is 35.5. The maximum Gasteiger partial charge on any atom is 0.336 e. The molecule has 0 radical (unpaired) electrons. The predicted molar refractivity (Wildman–Crippen MR) is 148 cm³/mol. The van der Waals surface area contributed by atoms with Crippen molar-refractivity contribution in [2.45, 2.75) is 17.1 Å². The standard InChI is InChI=1S/C28H21ClN2O6S/c1-15(25(32)31-23-13-17(27(34)35)11-12-22(23)29)38-19-8-4-7-18(14-19)30-26(33)20-9-2-5-16-6-3-10-21(24(16)20)28(36)37/h2-15H,1H3,(H,30,33)(H,31,32)(H,34,35)(H,36,37). The van der Waals surface area contributed by atoms with Crippen LogP contribution in [0.4, 0.5) is 11.4 Å². The van der Waals surface area contributed by atoms with E-state index in [1.54, 1.807) is 61.5 Å². The molecule has 0 bridgehead atoms. The first kappa shape index (κ1) is 26.7. The van der Waals surface area contributed by atoms with E-state index in [-0.39, 0.29) is 33.3 Å². The van der Waals surface area contributed by atoms with Gasteiger partial charge in [0.05, 0.1) is 27.1 Å². The quantitative estimate of drug-likeness (QED) is 0.191. The van der Waals surface area contributed by atoms with Crippen LogP contribution in [0.5, 0.6) is 0 Å². The summed E-state index contributed by atoms with van der Waals surface area (Å²) >= 11 is 7.34. The first-order chi connectivity index (χ1) is 18.1. The molecule has 4 aromatic rings. The van der Waals surface area contributed by atoms with E-state index in [9.17, 15) is 29.4 Å². The summed E-state index contributed by atoms with van der Waals surface area (Å²) < 4.78 is 0. The molecule has 4 rings (SSSR count). The Morgan fingerprint density at radius 2 is 1.50 bits per heavy atom. The van der Waals surface area contributed by atoms with Gasteiger partial charge in [-0.1, -0.05) is 41.9 Å². The van der Waals surface area contributed by atoms with Crippen LogP contribution in [-0.4, -0.2) is 39.2 Å². The van der Waals surface area contributed by atoms with Gasteiger partial charge in [0.2, 0.25) is 5.91 Å². The SMILES string of the molecule is CC(Sc1cccc(NC(=O)c2cccc3cccc(C(=O)O)c23)c1)C(=O)Nc1cc(C(=O)O)ccc1Cl. The number of carbonyl (C=O) groups is 4. The summed E-state index contributed by atoms with van der Waals surface area (Å²) in [5.74, 6) is -3.12. The van der Waals surface area contributed by atoms with Crippen molar-refractivity contribution in [2.24, 2.45) is 0 Å². The van der Waals surface area contributed by atoms with Gasteiger partial charge in [0.15, 0.2) is 0 Å². The zero-order valence-corrected chi connectivity index (χ0v) is 21.5. The number of benzene rings is 4. The molecule has 0 heterocycles. The van der Waals surface area contributed by atoms with Crippen molar-refractivity contribution in [3.05, 3.63) is 101 Å². The highest BCUT2D eigenvalue weighted by Crippen LogP contribution is 2.29. The van der Waals surface area contributed by atoms with E-state index in [1.807, 2.05) is 0 Å². The van der Waals surface area contributed by atoms with Crippen LogP contribution in [-0.2, 0) is 4.79 Å². The summed E-state index contributed by atoms with van der Waals surface area (Å²) in [4.78, 5) is 49.5. The summed E-state index contributed by atoms with van der Waals surface area (Å²) in [6.07, 6.45) is 0. The number of amides is 2. The topological polar surface area (TPSA) is 133 Å². The smallest absolute Gasteiger partial charge is 0.336 e. The first-order valence-corrected chi connectivity index (χ1v) is 12.6. The minimum atomic E-state index is -1.14. The van der Waals surface area contributed by atoms with E-state index in [1.165, 1.54) is 36.0 Å². The number of carbonyl (C=O) groups excluding carboxylic acids is 2. The highest BCUT2D eigenvalue weighted by Gasteiger charge is 2.19. The lowest BCUT2D eigenvalue weighted by Crippen LogP contribution is -2.22. The van der Waals surface area contributed by atoms with Gasteiger partial charge in [-0.25, -0.2) is 9.59 Å². The molecular formula is C28H21ClN2O6S. The summed E-state index contributed by atoms with van der Waals surface area (Å²) in [7, 11) is 0. The molecule has 4 aromatic carbocycles. The summed E-state index contributed by atoms with van der Waals surface area (Å²) in [6.45, 7) is 1.68. The lowest BCUT2D eigenvalue weighted by atomic mass is 9.98. The second-order valence-electron chi connectivity index (χ2n) is 8.25. The molecule has 0 aromatic heterocycles. The van der Waals surface area contributed by atoms with Gasteiger partial charge in [0.1, 0.15) is 0 Å². The summed E-state index contributed by atoms with van der Waals surface area (Å²) in [5, 5.41) is 24.8. The van der Waals surface area contributed by atoms with Gasteiger partial charge < -0.3 is 20.8 Å². The van der Waals surface area contributed by atoms with Crippen LogP contribution in [0.2, 0.25) is 5.02 Å². The predicted octanol–water partition coefficient (Wildman–Crippen LogP) is 6.26. The van der Waals surface area contributed by atoms with Crippen LogP contribution < -0.4 is 10.6 Å². The number of hydrogen-bond donors (Lipinski definition) is 4. The Hall–Kier alpha value is -4.34. The van der Waals surface area contributed by atoms with Crippen molar-refractivity contribution in [3.8, 4) is 0 Å². The number of nitrogens with one attached hydrogen (secondary N) is 2. The maximum atomic E-state index is 13.1. The molecule has 192 valence electrons. The number of fused-ring (bicyclic) bond motifs is 1. The lowest BCUT2D eigenvalue weighted by Gasteiger charge is -2.14. The molecule has 10 heteroatoms. The lowest BCUT2D eigenvalue weighted by molar-refractivity contribution is -0.115. The van der Waals surface area contributed by atoms with Gasteiger partial charge in [-0.05, 0) is 60.8 Å². The van der Waals surface area contributed by atoms with Gasteiger partial charge in [-0.3, -0.25) is 9.59 Å². The Bertz CT molecular complexity index is 1580. The zero-order valence-electron chi connectivity index (χ0n) is 19.9. The summed E-state index contributed by atoms with van der Waals surface area (Å²) in [5.41, 5.74) is 0.920. The normalized spacial score (nSPS) is 11.5. The van der Waals surface area contributed by atoms with Gasteiger partial charge in [-0.2, -0.15) is 0 Å². The number of carboxylic acids is 2. The molecule has 0 fully saturated rings. The third-order valence-electron chi connectivity index (χ3n) is 5.62. The third-order valence-corrected chi connectivity index (χ3v) is 7.05. The van der Waals surface area contributed by atoms with E-state index in [4.69, 9.17) is 11.6 Å². The van der Waals surface area contributed by atoms with E-state index in [2.05, 4.69) is 10.6 Å². The number of thioether (sulfide) groups is 1. The average molecular weight is 549 g/mol. The van der Waals surface area contributed by atoms with Gasteiger partial charge in [0, 0.05) is 21.5 Å². The zero-order chi connectivity index (χ0) is 27.4. The van der Waals surface area contributed by atoms with Crippen LogP contribution in [0.15, 0.2) is 83.8 Å². The Labute approximate surface area is 226 Å². The number of anilines is 2. The summed E-state index contributed by atoms with van der Waals surface area (Å²) in [6, 6.07) is 20.8. The third kappa shape index (κ3) is 5.96. The van der Waals surface area contributed by atoms with E-state index < -0.39 is 23.1 Å². The minimum absolute atomic E-state index is 0.00452. The first-order valence-electron chi connectivity index (χ1n) is 11.3. The monoisotopic (exact) mass is 548 g/mol. The molecular weight excluding hydrogens is 528 g/mol. The fourth-order valence-electron chi connectivity index (χ4n) is 3.80. The van der Waals surface area contributed by atoms with Crippen LogP contribution in [0.3, 0.4) is 0 Å². The highest BCUT2D eigenvalue weighted by molar-refractivity contribution is 8.00. The molecule has 1 unspecified atom stereocenters. The number of halogens is 1. The fourth-order valence-corrected chi connectivity index (χ4v) is 4.89.